The molecule has 0 fully saturated rings. The maximum absolute atomic E-state index is 5.87. The van der Waals surface area contributed by atoms with Crippen LogP contribution in [0.25, 0.3) is 0 Å². The average molecular weight is 319 g/mol. The van der Waals surface area contributed by atoms with Gasteiger partial charge in [0.25, 0.3) is 0 Å². The molecule has 0 aromatic heterocycles. The second-order valence-electron chi connectivity index (χ2n) is 4.79. The molecule has 0 atom stereocenters. The van der Waals surface area contributed by atoms with Gasteiger partial charge in [0, 0.05) is 35.0 Å². The summed E-state index contributed by atoms with van der Waals surface area (Å²) in [6.07, 6.45) is 0. The molecule has 0 saturated heterocycles. The van der Waals surface area contributed by atoms with Crippen molar-refractivity contribution in [2.75, 3.05) is 11.9 Å². The summed E-state index contributed by atoms with van der Waals surface area (Å²) in [5, 5.41) is 0. The highest BCUT2D eigenvalue weighted by atomic mass is 79.9. The summed E-state index contributed by atoms with van der Waals surface area (Å²) in [5.74, 6) is 0. The molecule has 0 aliphatic heterocycles. The number of rotatable bonds is 3. The Morgan fingerprint density at radius 3 is 2.47 bits per heavy atom. The van der Waals surface area contributed by atoms with Crippen LogP contribution in [0.3, 0.4) is 0 Å². The zero-order chi connectivity index (χ0) is 14.0. The Hall–Kier alpha value is -1.32. The van der Waals surface area contributed by atoms with Crippen molar-refractivity contribution in [1.29, 1.82) is 0 Å². The molecule has 2 aromatic rings. The van der Waals surface area contributed by atoms with Crippen molar-refractivity contribution in [3.05, 3.63) is 57.6 Å². The first-order chi connectivity index (χ1) is 9.04. The van der Waals surface area contributed by atoms with Gasteiger partial charge in [-0.05, 0) is 37.6 Å². The normalized spacial score (nSPS) is 10.6. The number of hydrogen-bond donors (Lipinski definition) is 1. The van der Waals surface area contributed by atoms with Crippen LogP contribution in [0.5, 0.6) is 0 Å². The highest BCUT2D eigenvalue weighted by molar-refractivity contribution is 9.10. The number of benzene rings is 2. The average Bonchev–Trinajstić information content (AvgIpc) is 2.37. The molecule has 0 aliphatic carbocycles. The lowest BCUT2D eigenvalue weighted by Gasteiger charge is -2.25. The Morgan fingerprint density at radius 1 is 1.11 bits per heavy atom. The lowest BCUT2D eigenvalue weighted by Crippen LogP contribution is -2.15. The van der Waals surface area contributed by atoms with Gasteiger partial charge in [-0.3, -0.25) is 0 Å². The number of halogens is 1. The van der Waals surface area contributed by atoms with Crippen LogP contribution < -0.4 is 10.6 Å². The van der Waals surface area contributed by atoms with E-state index < -0.39 is 0 Å². The second-order valence-corrected chi connectivity index (χ2v) is 5.64. The molecule has 100 valence electrons. The molecular weight excluding hydrogens is 300 g/mol. The monoisotopic (exact) mass is 318 g/mol. The van der Waals surface area contributed by atoms with Gasteiger partial charge in [0.2, 0.25) is 0 Å². The van der Waals surface area contributed by atoms with Crippen molar-refractivity contribution in [3.8, 4) is 0 Å². The van der Waals surface area contributed by atoms with Crippen LogP contribution in [-0.4, -0.2) is 7.05 Å². The first-order valence-electron chi connectivity index (χ1n) is 6.33. The maximum atomic E-state index is 5.87. The van der Waals surface area contributed by atoms with Crippen molar-refractivity contribution in [2.45, 2.75) is 20.4 Å². The van der Waals surface area contributed by atoms with E-state index in [1.165, 1.54) is 16.8 Å². The zero-order valence-corrected chi connectivity index (χ0v) is 13.2. The SMILES string of the molecule is Cc1ccc(N(C)c2cccc(Br)c2CN)c(C)c1. The molecule has 0 heterocycles. The molecule has 0 amide bonds. The van der Waals surface area contributed by atoms with Gasteiger partial charge >= 0.3 is 0 Å². The van der Waals surface area contributed by atoms with Crippen LogP contribution >= 0.6 is 15.9 Å². The third-order valence-electron chi connectivity index (χ3n) is 3.37. The smallest absolute Gasteiger partial charge is 0.0465 e. The van der Waals surface area contributed by atoms with E-state index >= 15 is 0 Å². The fraction of sp³-hybridized carbons (Fsp3) is 0.250. The summed E-state index contributed by atoms with van der Waals surface area (Å²) in [6.45, 7) is 4.77. The van der Waals surface area contributed by atoms with Crippen LogP contribution in [0.1, 0.15) is 16.7 Å². The number of anilines is 2. The summed E-state index contributed by atoms with van der Waals surface area (Å²) in [4.78, 5) is 2.20. The minimum absolute atomic E-state index is 0.520. The molecule has 2 N–H and O–H groups in total. The molecule has 0 bridgehead atoms. The van der Waals surface area contributed by atoms with Crippen LogP contribution in [0.2, 0.25) is 0 Å². The van der Waals surface area contributed by atoms with Crippen LogP contribution in [0.4, 0.5) is 11.4 Å². The van der Waals surface area contributed by atoms with E-state index in [-0.39, 0.29) is 0 Å². The van der Waals surface area contributed by atoms with Crippen LogP contribution in [-0.2, 0) is 6.54 Å². The topological polar surface area (TPSA) is 29.3 Å². The van der Waals surface area contributed by atoms with E-state index in [1.54, 1.807) is 0 Å². The Labute approximate surface area is 123 Å². The standard InChI is InChI=1S/C16H19BrN2/c1-11-7-8-15(12(2)9-11)19(3)16-6-4-5-14(17)13(16)10-18/h4-9H,10,18H2,1-3H3. The zero-order valence-electron chi connectivity index (χ0n) is 11.6. The molecule has 0 spiro atoms. The molecule has 0 radical (unpaired) electrons. The molecule has 19 heavy (non-hydrogen) atoms. The molecule has 0 aliphatic rings. The fourth-order valence-corrected chi connectivity index (χ4v) is 2.89. The lowest BCUT2D eigenvalue weighted by atomic mass is 10.1. The van der Waals surface area contributed by atoms with E-state index in [0.717, 1.165) is 15.7 Å². The van der Waals surface area contributed by atoms with Gasteiger partial charge in [-0.1, -0.05) is 39.7 Å². The van der Waals surface area contributed by atoms with Crippen molar-refractivity contribution >= 4 is 27.3 Å². The first kappa shape index (κ1) is 14.1. The van der Waals surface area contributed by atoms with Gasteiger partial charge in [0.1, 0.15) is 0 Å². The van der Waals surface area contributed by atoms with E-state index in [2.05, 4.69) is 66.0 Å². The number of nitrogens with two attached hydrogens (primary N) is 1. The third kappa shape index (κ3) is 2.82. The Morgan fingerprint density at radius 2 is 1.84 bits per heavy atom. The maximum Gasteiger partial charge on any atom is 0.0465 e. The summed E-state index contributed by atoms with van der Waals surface area (Å²) in [6, 6.07) is 12.7. The summed E-state index contributed by atoms with van der Waals surface area (Å²) >= 11 is 3.57. The predicted octanol–water partition coefficient (Wildman–Crippen LogP) is 4.29. The minimum Gasteiger partial charge on any atom is -0.344 e. The van der Waals surface area contributed by atoms with Crippen LogP contribution in [0, 0.1) is 13.8 Å². The number of nitrogens with zero attached hydrogens (tertiary/aromatic N) is 1. The molecule has 0 unspecified atom stereocenters. The van der Waals surface area contributed by atoms with Crippen molar-refractivity contribution in [3.63, 3.8) is 0 Å². The molecule has 0 saturated carbocycles. The van der Waals surface area contributed by atoms with Crippen molar-refractivity contribution in [2.24, 2.45) is 5.73 Å². The molecule has 2 rings (SSSR count). The van der Waals surface area contributed by atoms with Gasteiger partial charge in [-0.15, -0.1) is 0 Å². The summed E-state index contributed by atoms with van der Waals surface area (Å²) in [7, 11) is 2.08. The highest BCUT2D eigenvalue weighted by Gasteiger charge is 2.12. The van der Waals surface area contributed by atoms with E-state index in [4.69, 9.17) is 5.73 Å². The van der Waals surface area contributed by atoms with Crippen molar-refractivity contribution < 1.29 is 0 Å². The van der Waals surface area contributed by atoms with E-state index in [9.17, 15) is 0 Å². The quantitative estimate of drug-likeness (QED) is 0.914. The van der Waals surface area contributed by atoms with E-state index in [0.29, 0.717) is 6.54 Å². The molecular formula is C16H19BrN2. The largest absolute Gasteiger partial charge is 0.344 e. The lowest BCUT2D eigenvalue weighted by molar-refractivity contribution is 1.03. The summed E-state index contributed by atoms with van der Waals surface area (Å²) in [5.41, 5.74) is 11.9. The molecule has 3 heteroatoms. The van der Waals surface area contributed by atoms with Gasteiger partial charge in [-0.25, -0.2) is 0 Å². The number of hydrogen-bond acceptors (Lipinski definition) is 2. The Bertz CT molecular complexity index is 593. The van der Waals surface area contributed by atoms with Gasteiger partial charge in [0.05, 0.1) is 0 Å². The summed E-state index contributed by atoms with van der Waals surface area (Å²) < 4.78 is 1.06. The predicted molar refractivity (Wildman–Crippen MR) is 86.0 cm³/mol. The van der Waals surface area contributed by atoms with Gasteiger partial charge in [-0.2, -0.15) is 0 Å². The van der Waals surface area contributed by atoms with Gasteiger partial charge in [0.15, 0.2) is 0 Å². The third-order valence-corrected chi connectivity index (χ3v) is 4.12. The Kier molecular flexibility index (Phi) is 4.27. The first-order valence-corrected chi connectivity index (χ1v) is 7.12. The fourth-order valence-electron chi connectivity index (χ4n) is 2.38. The van der Waals surface area contributed by atoms with E-state index in [1.807, 2.05) is 12.1 Å². The molecule has 2 nitrogen and oxygen atoms in total. The second kappa shape index (κ2) is 5.76. The highest BCUT2D eigenvalue weighted by Crippen LogP contribution is 2.33. The van der Waals surface area contributed by atoms with Crippen LogP contribution in [0.15, 0.2) is 40.9 Å². The Balaban J connectivity index is 2.50. The molecule has 2 aromatic carbocycles. The van der Waals surface area contributed by atoms with Gasteiger partial charge < -0.3 is 10.6 Å². The van der Waals surface area contributed by atoms with Crippen molar-refractivity contribution in [1.82, 2.24) is 0 Å². The minimum atomic E-state index is 0.520. The number of aryl methyl sites for hydroxylation is 2.